The van der Waals surface area contributed by atoms with Crippen molar-refractivity contribution in [3.05, 3.63) is 77.9 Å². The lowest BCUT2D eigenvalue weighted by molar-refractivity contribution is -0.187. The third-order valence-electron chi connectivity index (χ3n) is 5.93. The summed E-state index contributed by atoms with van der Waals surface area (Å²) in [6.07, 6.45) is 1.52. The van der Waals surface area contributed by atoms with E-state index in [1.807, 2.05) is 19.1 Å². The first-order valence-corrected chi connectivity index (χ1v) is 10.6. The van der Waals surface area contributed by atoms with Crippen molar-refractivity contribution < 1.29 is 18.9 Å². The van der Waals surface area contributed by atoms with Gasteiger partial charge >= 0.3 is 0 Å². The van der Waals surface area contributed by atoms with Gasteiger partial charge in [0.05, 0.1) is 13.2 Å². The Bertz CT molecular complexity index is 1000. The van der Waals surface area contributed by atoms with Crippen molar-refractivity contribution in [1.82, 2.24) is 0 Å². The average Bonchev–Trinajstić information content (AvgIpc) is 3.15. The van der Waals surface area contributed by atoms with Crippen molar-refractivity contribution in [3.8, 4) is 5.75 Å². The summed E-state index contributed by atoms with van der Waals surface area (Å²) in [5, 5.41) is 2.46. The number of hydrogen-bond acceptors (Lipinski definition) is 4. The molecular formula is C26H30O4. The van der Waals surface area contributed by atoms with Crippen molar-refractivity contribution in [2.45, 2.75) is 44.7 Å². The molecule has 4 nitrogen and oxygen atoms in total. The fourth-order valence-corrected chi connectivity index (χ4v) is 4.04. The molecule has 2 unspecified atom stereocenters. The van der Waals surface area contributed by atoms with Crippen LogP contribution >= 0.6 is 0 Å². The van der Waals surface area contributed by atoms with Gasteiger partial charge in [-0.05, 0) is 53.4 Å². The van der Waals surface area contributed by atoms with Crippen LogP contribution in [0.15, 0.2) is 66.7 Å². The molecule has 3 aromatic rings. The Balaban J connectivity index is 1.49. The minimum Gasteiger partial charge on any atom is -0.489 e. The molecule has 0 spiro atoms. The summed E-state index contributed by atoms with van der Waals surface area (Å²) in [6, 6.07) is 23.0. The molecular weight excluding hydrogens is 376 g/mol. The molecule has 0 aliphatic carbocycles. The molecule has 1 heterocycles. The molecule has 2 atom stereocenters. The predicted octanol–water partition coefficient (Wildman–Crippen LogP) is 5.82. The van der Waals surface area contributed by atoms with E-state index >= 15 is 0 Å². The Hall–Kier alpha value is -2.40. The summed E-state index contributed by atoms with van der Waals surface area (Å²) in [5.74, 6) is 0.205. The van der Waals surface area contributed by atoms with Crippen LogP contribution in [0.2, 0.25) is 0 Å². The molecule has 0 aromatic heterocycles. The molecule has 1 fully saturated rings. The van der Waals surface area contributed by atoms with Crippen LogP contribution in [-0.2, 0) is 26.4 Å². The molecule has 4 heteroatoms. The van der Waals surface area contributed by atoms with E-state index in [-0.39, 0.29) is 0 Å². The second-order valence-electron chi connectivity index (χ2n) is 8.11. The van der Waals surface area contributed by atoms with Gasteiger partial charge in [0.1, 0.15) is 18.0 Å². The maximum atomic E-state index is 6.48. The van der Waals surface area contributed by atoms with Crippen molar-refractivity contribution in [2.24, 2.45) is 0 Å². The van der Waals surface area contributed by atoms with Crippen LogP contribution in [0.1, 0.15) is 37.8 Å². The molecule has 0 N–H and O–H groups in total. The van der Waals surface area contributed by atoms with E-state index in [1.165, 1.54) is 10.8 Å². The number of benzene rings is 3. The van der Waals surface area contributed by atoms with Gasteiger partial charge in [0.15, 0.2) is 5.79 Å². The smallest absolute Gasteiger partial charge is 0.169 e. The predicted molar refractivity (Wildman–Crippen MR) is 119 cm³/mol. The first-order chi connectivity index (χ1) is 14.6. The molecule has 1 saturated heterocycles. The minimum absolute atomic E-state index is 0.467. The number of ether oxygens (including phenoxy) is 4. The summed E-state index contributed by atoms with van der Waals surface area (Å²) in [4.78, 5) is 0. The first-order valence-electron chi connectivity index (χ1n) is 10.6. The Morgan fingerprint density at radius 3 is 2.60 bits per heavy atom. The van der Waals surface area contributed by atoms with E-state index < -0.39 is 11.4 Å². The lowest BCUT2D eigenvalue weighted by Gasteiger charge is -2.30. The molecule has 3 aromatic carbocycles. The van der Waals surface area contributed by atoms with Crippen LogP contribution < -0.4 is 4.74 Å². The van der Waals surface area contributed by atoms with Crippen LogP contribution in [0, 0.1) is 0 Å². The summed E-state index contributed by atoms with van der Waals surface area (Å²) < 4.78 is 23.9. The van der Waals surface area contributed by atoms with E-state index in [1.54, 1.807) is 7.11 Å². The van der Waals surface area contributed by atoms with Crippen molar-refractivity contribution in [1.29, 1.82) is 0 Å². The van der Waals surface area contributed by atoms with Gasteiger partial charge in [-0.3, -0.25) is 0 Å². The van der Waals surface area contributed by atoms with Crippen LogP contribution in [0.25, 0.3) is 10.8 Å². The van der Waals surface area contributed by atoms with Crippen LogP contribution in [0.4, 0.5) is 0 Å². The zero-order valence-electron chi connectivity index (χ0n) is 18.0. The molecule has 4 rings (SSSR count). The summed E-state index contributed by atoms with van der Waals surface area (Å²) in [5.41, 5.74) is 1.77. The number of rotatable bonds is 8. The Morgan fingerprint density at radius 1 is 0.967 bits per heavy atom. The highest BCUT2D eigenvalue weighted by molar-refractivity contribution is 5.82. The maximum Gasteiger partial charge on any atom is 0.169 e. The second kappa shape index (κ2) is 8.76. The van der Waals surface area contributed by atoms with Gasteiger partial charge in [0.2, 0.25) is 0 Å². The molecule has 1 aliphatic rings. The molecule has 0 saturated carbocycles. The summed E-state index contributed by atoms with van der Waals surface area (Å²) in [7, 11) is 1.70. The van der Waals surface area contributed by atoms with Gasteiger partial charge in [0.25, 0.3) is 0 Å². The SMILES string of the molecule is CCC1(c2cccc(OCc3ccc4ccccc4c3)c2)COC(C)(CCOC)O1. The summed E-state index contributed by atoms with van der Waals surface area (Å²) >= 11 is 0. The van der Waals surface area contributed by atoms with Crippen molar-refractivity contribution >= 4 is 10.8 Å². The van der Waals surface area contributed by atoms with Gasteiger partial charge in [-0.25, -0.2) is 0 Å². The average molecular weight is 407 g/mol. The maximum absolute atomic E-state index is 6.48. The zero-order valence-corrected chi connectivity index (χ0v) is 18.0. The third-order valence-corrected chi connectivity index (χ3v) is 5.93. The number of fused-ring (bicyclic) bond motifs is 1. The third kappa shape index (κ3) is 4.36. The van der Waals surface area contributed by atoms with Gasteiger partial charge in [0, 0.05) is 13.5 Å². The van der Waals surface area contributed by atoms with Crippen LogP contribution in [-0.4, -0.2) is 26.1 Å². The number of methoxy groups -OCH3 is 1. The van der Waals surface area contributed by atoms with Gasteiger partial charge < -0.3 is 18.9 Å². The molecule has 1 aliphatic heterocycles. The van der Waals surface area contributed by atoms with Crippen molar-refractivity contribution in [3.63, 3.8) is 0 Å². The summed E-state index contributed by atoms with van der Waals surface area (Å²) in [6.45, 7) is 5.77. The zero-order chi connectivity index (χ0) is 21.0. The van der Waals surface area contributed by atoms with Crippen LogP contribution in [0.5, 0.6) is 5.75 Å². The standard InChI is InChI=1S/C26H30O4/c1-4-26(19-29-25(2,30-26)14-15-27-3)23-10-7-11-24(17-23)28-18-20-12-13-21-8-5-6-9-22(21)16-20/h5-13,16-17H,4,14-15,18-19H2,1-3H3. The quantitative estimate of drug-likeness (QED) is 0.472. The Morgan fingerprint density at radius 2 is 1.80 bits per heavy atom. The molecule has 30 heavy (non-hydrogen) atoms. The Kier molecular flexibility index (Phi) is 6.09. The second-order valence-corrected chi connectivity index (χ2v) is 8.11. The fourth-order valence-electron chi connectivity index (χ4n) is 4.04. The lowest BCUT2D eigenvalue weighted by atomic mass is 9.92. The molecule has 158 valence electrons. The lowest BCUT2D eigenvalue weighted by Crippen LogP contribution is -2.33. The molecule has 0 amide bonds. The van der Waals surface area contributed by atoms with Gasteiger partial charge in [-0.15, -0.1) is 0 Å². The highest BCUT2D eigenvalue weighted by Crippen LogP contribution is 2.43. The fraction of sp³-hybridized carbons (Fsp3) is 0.385. The first kappa shape index (κ1) is 20.9. The molecule has 0 radical (unpaired) electrons. The highest BCUT2D eigenvalue weighted by Gasteiger charge is 2.47. The van der Waals surface area contributed by atoms with E-state index in [2.05, 4.69) is 61.5 Å². The van der Waals surface area contributed by atoms with Crippen LogP contribution in [0.3, 0.4) is 0 Å². The topological polar surface area (TPSA) is 36.9 Å². The Labute approximate surface area is 178 Å². The highest BCUT2D eigenvalue weighted by atomic mass is 16.8. The van der Waals surface area contributed by atoms with Crippen molar-refractivity contribution in [2.75, 3.05) is 20.3 Å². The largest absolute Gasteiger partial charge is 0.489 e. The van der Waals surface area contributed by atoms with E-state index in [4.69, 9.17) is 18.9 Å². The van der Waals surface area contributed by atoms with E-state index in [0.717, 1.165) is 23.3 Å². The monoisotopic (exact) mass is 406 g/mol. The van der Waals surface area contributed by atoms with E-state index in [9.17, 15) is 0 Å². The molecule has 0 bridgehead atoms. The minimum atomic E-state index is -0.631. The normalized spacial score (nSPS) is 23.7. The van der Waals surface area contributed by atoms with Gasteiger partial charge in [-0.2, -0.15) is 0 Å². The number of hydrogen-bond donors (Lipinski definition) is 0. The van der Waals surface area contributed by atoms with E-state index in [0.29, 0.717) is 26.2 Å². The van der Waals surface area contributed by atoms with Gasteiger partial charge in [-0.1, -0.05) is 55.5 Å².